The highest BCUT2D eigenvalue weighted by Gasteiger charge is 2.50. The third-order valence-corrected chi connectivity index (χ3v) is 5.55. The van der Waals surface area contributed by atoms with E-state index >= 15 is 0 Å². The topological polar surface area (TPSA) is 68.2 Å². The molecule has 1 N–H and O–H groups in total. The second-order valence-electron chi connectivity index (χ2n) is 8.90. The molecule has 1 aromatic rings. The molecular weight excluding hydrogens is 372 g/mol. The average molecular weight is 397 g/mol. The Morgan fingerprint density at radius 1 is 1.18 bits per heavy atom. The summed E-state index contributed by atoms with van der Waals surface area (Å²) in [7, 11) is 0. The van der Waals surface area contributed by atoms with Gasteiger partial charge < -0.3 is 24.2 Å². The molecule has 6 nitrogen and oxygen atoms in total. The van der Waals surface area contributed by atoms with Crippen molar-refractivity contribution in [2.24, 2.45) is 0 Å². The standard InChI is InChI=1S/C20H25F2NO5/c1-18(2,3)28-17(24)23-13-5-4-6-14(23)11-19(25,10-13)12-7-8-15-16(9-12)27-20(21,22)26-15/h7-9,13-14,25H,4-6,10-11H2,1-3H3. The Morgan fingerprint density at radius 3 is 2.39 bits per heavy atom. The number of carbonyl (C=O) groups excluding carboxylic acids is 1. The minimum absolute atomic E-state index is 0.0521. The van der Waals surface area contributed by atoms with Crippen molar-refractivity contribution in [2.75, 3.05) is 0 Å². The first-order valence-electron chi connectivity index (χ1n) is 9.60. The molecule has 2 atom stereocenters. The number of hydrogen-bond donors (Lipinski definition) is 1. The van der Waals surface area contributed by atoms with E-state index in [-0.39, 0.29) is 29.7 Å². The van der Waals surface area contributed by atoms with Crippen molar-refractivity contribution < 1.29 is 32.9 Å². The number of benzene rings is 1. The molecule has 2 bridgehead atoms. The Labute approximate surface area is 162 Å². The van der Waals surface area contributed by atoms with Crippen LogP contribution in [0.15, 0.2) is 18.2 Å². The molecule has 4 rings (SSSR count). The van der Waals surface area contributed by atoms with Gasteiger partial charge in [-0.1, -0.05) is 6.07 Å². The molecule has 2 fully saturated rings. The molecule has 3 aliphatic rings. The highest BCUT2D eigenvalue weighted by atomic mass is 19.3. The van der Waals surface area contributed by atoms with Crippen LogP contribution in [0.4, 0.5) is 13.6 Å². The van der Waals surface area contributed by atoms with Crippen LogP contribution >= 0.6 is 0 Å². The van der Waals surface area contributed by atoms with E-state index in [1.54, 1.807) is 11.0 Å². The van der Waals surface area contributed by atoms with Crippen LogP contribution in [0.5, 0.6) is 11.5 Å². The van der Waals surface area contributed by atoms with E-state index in [9.17, 15) is 18.7 Å². The minimum atomic E-state index is -3.69. The number of halogens is 2. The van der Waals surface area contributed by atoms with E-state index in [1.807, 2.05) is 20.8 Å². The van der Waals surface area contributed by atoms with Gasteiger partial charge in [0, 0.05) is 24.9 Å². The van der Waals surface area contributed by atoms with Crippen molar-refractivity contribution in [2.45, 2.75) is 82.5 Å². The van der Waals surface area contributed by atoms with Crippen molar-refractivity contribution in [3.8, 4) is 11.5 Å². The van der Waals surface area contributed by atoms with Crippen LogP contribution in [0, 0.1) is 0 Å². The summed E-state index contributed by atoms with van der Waals surface area (Å²) in [6.07, 6.45) is -0.925. The number of alkyl halides is 2. The number of carbonyl (C=O) groups is 1. The summed E-state index contributed by atoms with van der Waals surface area (Å²) in [6, 6.07) is 4.05. The fraction of sp³-hybridized carbons (Fsp3) is 0.650. The van der Waals surface area contributed by atoms with Gasteiger partial charge in [0.15, 0.2) is 11.5 Å². The molecule has 0 radical (unpaired) electrons. The van der Waals surface area contributed by atoms with E-state index in [4.69, 9.17) is 4.74 Å². The van der Waals surface area contributed by atoms with E-state index in [2.05, 4.69) is 9.47 Å². The Kier molecular flexibility index (Phi) is 4.26. The van der Waals surface area contributed by atoms with Crippen LogP contribution < -0.4 is 9.47 Å². The summed E-state index contributed by atoms with van der Waals surface area (Å²) >= 11 is 0. The van der Waals surface area contributed by atoms with Crippen LogP contribution in [0.3, 0.4) is 0 Å². The number of aliphatic hydroxyl groups is 1. The smallest absolute Gasteiger partial charge is 0.444 e. The van der Waals surface area contributed by atoms with Gasteiger partial charge in [-0.15, -0.1) is 8.78 Å². The van der Waals surface area contributed by atoms with E-state index < -0.39 is 17.5 Å². The zero-order chi connectivity index (χ0) is 20.3. The predicted molar refractivity (Wildman–Crippen MR) is 95.3 cm³/mol. The first-order valence-corrected chi connectivity index (χ1v) is 9.60. The summed E-state index contributed by atoms with van der Waals surface area (Å²) in [4.78, 5) is 14.5. The maximum absolute atomic E-state index is 13.3. The van der Waals surface area contributed by atoms with E-state index in [0.717, 1.165) is 19.3 Å². The van der Waals surface area contributed by atoms with Crippen molar-refractivity contribution in [1.29, 1.82) is 0 Å². The molecule has 0 aromatic heterocycles. The van der Waals surface area contributed by atoms with Gasteiger partial charge >= 0.3 is 12.4 Å². The van der Waals surface area contributed by atoms with Gasteiger partial charge in [-0.3, -0.25) is 0 Å². The number of rotatable bonds is 1. The van der Waals surface area contributed by atoms with Crippen molar-refractivity contribution in [1.82, 2.24) is 4.90 Å². The second kappa shape index (κ2) is 6.20. The number of piperidine rings is 2. The molecule has 2 unspecified atom stereocenters. The second-order valence-corrected chi connectivity index (χ2v) is 8.90. The van der Waals surface area contributed by atoms with Gasteiger partial charge in [0.25, 0.3) is 0 Å². The average Bonchev–Trinajstić information content (AvgIpc) is 2.85. The zero-order valence-electron chi connectivity index (χ0n) is 16.2. The quantitative estimate of drug-likeness (QED) is 0.771. The summed E-state index contributed by atoms with van der Waals surface area (Å²) in [6.45, 7) is 5.47. The molecule has 0 saturated carbocycles. The predicted octanol–water partition coefficient (Wildman–Crippen LogP) is 4.15. The normalized spacial score (nSPS) is 30.9. The number of nitrogens with zero attached hydrogens (tertiary/aromatic N) is 1. The highest BCUT2D eigenvalue weighted by Crippen LogP contribution is 2.48. The van der Waals surface area contributed by atoms with Gasteiger partial charge in [0.1, 0.15) is 5.60 Å². The molecular formula is C20H25F2NO5. The molecule has 154 valence electrons. The SMILES string of the molecule is CC(C)(C)OC(=O)N1C2CCCC1CC(O)(c1ccc3c(c1)OC(F)(F)O3)C2. The summed E-state index contributed by atoms with van der Waals surface area (Å²) in [5.41, 5.74) is -1.33. The lowest BCUT2D eigenvalue weighted by molar-refractivity contribution is -0.286. The lowest BCUT2D eigenvalue weighted by Crippen LogP contribution is -2.59. The van der Waals surface area contributed by atoms with Crippen molar-refractivity contribution in [3.05, 3.63) is 23.8 Å². The molecule has 0 spiro atoms. The lowest BCUT2D eigenvalue weighted by atomic mass is 9.72. The third-order valence-electron chi connectivity index (χ3n) is 5.55. The monoisotopic (exact) mass is 397 g/mol. The lowest BCUT2D eigenvalue weighted by Gasteiger charge is -2.51. The maximum atomic E-state index is 13.3. The number of hydrogen-bond acceptors (Lipinski definition) is 5. The molecule has 1 aromatic carbocycles. The Balaban J connectivity index is 1.58. The molecule has 0 aliphatic carbocycles. The van der Waals surface area contributed by atoms with Gasteiger partial charge in [-0.2, -0.15) is 0 Å². The first-order chi connectivity index (χ1) is 13.0. The summed E-state index contributed by atoms with van der Waals surface area (Å²) in [5, 5.41) is 11.4. The third kappa shape index (κ3) is 3.50. The summed E-state index contributed by atoms with van der Waals surface area (Å²) < 4.78 is 41.1. The molecule has 1 amide bonds. The van der Waals surface area contributed by atoms with Crippen molar-refractivity contribution in [3.63, 3.8) is 0 Å². The highest BCUT2D eigenvalue weighted by molar-refractivity contribution is 5.69. The number of fused-ring (bicyclic) bond motifs is 3. The van der Waals surface area contributed by atoms with Crippen LogP contribution in [-0.4, -0.2) is 40.1 Å². The molecule has 8 heteroatoms. The van der Waals surface area contributed by atoms with Gasteiger partial charge in [-0.25, -0.2) is 4.79 Å². The largest absolute Gasteiger partial charge is 0.586 e. The number of amides is 1. The summed E-state index contributed by atoms with van der Waals surface area (Å²) in [5.74, 6) is -0.139. The Morgan fingerprint density at radius 2 is 1.79 bits per heavy atom. The van der Waals surface area contributed by atoms with Crippen LogP contribution in [0.25, 0.3) is 0 Å². The van der Waals surface area contributed by atoms with Gasteiger partial charge in [0.2, 0.25) is 0 Å². The Hall–Kier alpha value is -2.09. The fourth-order valence-corrected chi connectivity index (χ4v) is 4.52. The maximum Gasteiger partial charge on any atom is 0.586 e. The molecule has 28 heavy (non-hydrogen) atoms. The number of ether oxygens (including phenoxy) is 3. The van der Waals surface area contributed by atoms with Crippen LogP contribution in [0.1, 0.15) is 58.4 Å². The molecule has 3 heterocycles. The molecule has 3 aliphatic heterocycles. The van der Waals surface area contributed by atoms with Crippen LogP contribution in [0.2, 0.25) is 0 Å². The fourth-order valence-electron chi connectivity index (χ4n) is 4.52. The minimum Gasteiger partial charge on any atom is -0.444 e. The van der Waals surface area contributed by atoms with Crippen LogP contribution in [-0.2, 0) is 10.3 Å². The zero-order valence-corrected chi connectivity index (χ0v) is 16.2. The van der Waals surface area contributed by atoms with E-state index in [1.165, 1.54) is 12.1 Å². The van der Waals surface area contributed by atoms with Gasteiger partial charge in [-0.05, 0) is 57.7 Å². The Bertz CT molecular complexity index is 777. The molecule has 2 saturated heterocycles. The first kappa shape index (κ1) is 19.2. The van der Waals surface area contributed by atoms with Crippen molar-refractivity contribution >= 4 is 6.09 Å². The van der Waals surface area contributed by atoms with E-state index in [0.29, 0.717) is 18.4 Å². The van der Waals surface area contributed by atoms with Gasteiger partial charge in [0.05, 0.1) is 5.60 Å².